The summed E-state index contributed by atoms with van der Waals surface area (Å²) in [6.45, 7) is 9.81. The molecule has 0 amide bonds. The maximum atomic E-state index is 9.53. The molecule has 2 heteroatoms. The zero-order valence-corrected chi connectivity index (χ0v) is 17.3. The van der Waals surface area contributed by atoms with Gasteiger partial charge in [0, 0.05) is 11.7 Å². The molecule has 0 unspecified atom stereocenters. The third-order valence-corrected chi connectivity index (χ3v) is 7.55. The smallest absolute Gasteiger partial charge is 0.115 e. The first-order chi connectivity index (χ1) is 12.4. The fourth-order valence-electron chi connectivity index (χ4n) is 6.16. The van der Waals surface area contributed by atoms with Crippen molar-refractivity contribution in [2.24, 2.45) is 29.1 Å². The second kappa shape index (κ2) is 8.23. The van der Waals surface area contributed by atoms with Crippen molar-refractivity contribution in [3.8, 4) is 5.75 Å². The Labute approximate surface area is 160 Å². The van der Waals surface area contributed by atoms with E-state index in [-0.39, 0.29) is 0 Å². The summed E-state index contributed by atoms with van der Waals surface area (Å²) in [5.74, 6) is 3.73. The van der Waals surface area contributed by atoms with Gasteiger partial charge >= 0.3 is 0 Å². The highest BCUT2D eigenvalue weighted by Gasteiger charge is 2.52. The van der Waals surface area contributed by atoms with Crippen LogP contribution in [0.5, 0.6) is 5.75 Å². The topological polar surface area (TPSA) is 32.3 Å². The Morgan fingerprint density at radius 1 is 1.08 bits per heavy atom. The highest BCUT2D eigenvalue weighted by Crippen LogP contribution is 2.58. The fraction of sp³-hybridized carbons (Fsp3) is 0.750. The number of anilines is 1. The van der Waals surface area contributed by atoms with Crippen LogP contribution in [-0.4, -0.2) is 11.1 Å². The first kappa shape index (κ1) is 19.6. The monoisotopic (exact) mass is 357 g/mol. The van der Waals surface area contributed by atoms with Crippen molar-refractivity contribution < 1.29 is 5.11 Å². The molecule has 1 aromatic rings. The Bertz CT molecular complexity index is 566. The lowest BCUT2D eigenvalue weighted by Gasteiger charge is -2.47. The van der Waals surface area contributed by atoms with Gasteiger partial charge in [-0.3, -0.25) is 0 Å². The van der Waals surface area contributed by atoms with Crippen molar-refractivity contribution in [3.63, 3.8) is 0 Å². The predicted octanol–water partition coefficient (Wildman–Crippen LogP) is 6.85. The second-order valence-corrected chi connectivity index (χ2v) is 9.79. The van der Waals surface area contributed by atoms with Crippen LogP contribution in [0.15, 0.2) is 24.3 Å². The molecule has 2 fully saturated rings. The molecule has 0 bridgehead atoms. The Morgan fingerprint density at radius 3 is 2.50 bits per heavy atom. The molecule has 0 aromatic heterocycles. The summed E-state index contributed by atoms with van der Waals surface area (Å²) < 4.78 is 0. The molecule has 0 aliphatic heterocycles. The molecular formula is C24H39NO. The molecule has 0 spiro atoms. The predicted molar refractivity (Wildman–Crippen MR) is 112 cm³/mol. The van der Waals surface area contributed by atoms with Crippen molar-refractivity contribution in [3.05, 3.63) is 24.3 Å². The van der Waals surface area contributed by atoms with Crippen molar-refractivity contribution in [1.29, 1.82) is 0 Å². The molecule has 0 saturated heterocycles. The lowest BCUT2D eigenvalue weighted by Crippen LogP contribution is -2.44. The Hall–Kier alpha value is -1.18. The Balaban J connectivity index is 1.64. The van der Waals surface area contributed by atoms with E-state index < -0.39 is 0 Å². The highest BCUT2D eigenvalue weighted by molar-refractivity contribution is 5.47. The number of aromatic hydroxyl groups is 1. The van der Waals surface area contributed by atoms with Crippen LogP contribution in [0, 0.1) is 29.1 Å². The Morgan fingerprint density at radius 2 is 1.81 bits per heavy atom. The van der Waals surface area contributed by atoms with Crippen LogP contribution in [0.25, 0.3) is 0 Å². The van der Waals surface area contributed by atoms with E-state index in [9.17, 15) is 5.11 Å². The third-order valence-electron chi connectivity index (χ3n) is 7.55. The van der Waals surface area contributed by atoms with E-state index in [1.165, 1.54) is 51.4 Å². The van der Waals surface area contributed by atoms with Gasteiger partial charge in [0.15, 0.2) is 0 Å². The lowest BCUT2D eigenvalue weighted by atomic mass is 9.60. The van der Waals surface area contributed by atoms with Gasteiger partial charge in [-0.1, -0.05) is 53.4 Å². The van der Waals surface area contributed by atoms with E-state index in [1.54, 1.807) is 12.1 Å². The van der Waals surface area contributed by atoms with Gasteiger partial charge < -0.3 is 10.4 Å². The molecule has 2 nitrogen and oxygen atoms in total. The van der Waals surface area contributed by atoms with E-state index in [0.29, 0.717) is 17.2 Å². The van der Waals surface area contributed by atoms with Crippen molar-refractivity contribution in [1.82, 2.24) is 0 Å². The molecule has 2 saturated carbocycles. The van der Waals surface area contributed by atoms with Gasteiger partial charge in [-0.05, 0) is 79.0 Å². The average Bonchev–Trinajstić information content (AvgIpc) is 2.94. The minimum Gasteiger partial charge on any atom is -0.508 e. The molecule has 0 heterocycles. The number of benzene rings is 1. The van der Waals surface area contributed by atoms with Crippen LogP contribution >= 0.6 is 0 Å². The molecule has 26 heavy (non-hydrogen) atoms. The van der Waals surface area contributed by atoms with Gasteiger partial charge in [-0.2, -0.15) is 0 Å². The standard InChI is InChI=1S/C24H39NO/c1-17(2)7-5-8-18(3)21-14-15-22-23(9-6-16-24(21,22)4)25-19-10-12-20(26)13-11-19/h10-13,17-18,21-23,25-26H,5-9,14-16H2,1-4H3/t18-,21-,22+,23-,24-/m1/s1. The maximum Gasteiger partial charge on any atom is 0.115 e. The number of phenolic OH excluding ortho intramolecular Hbond substituents is 1. The van der Waals surface area contributed by atoms with E-state index in [2.05, 4.69) is 33.0 Å². The van der Waals surface area contributed by atoms with Crippen LogP contribution < -0.4 is 5.32 Å². The van der Waals surface area contributed by atoms with Crippen LogP contribution in [0.2, 0.25) is 0 Å². The molecule has 2 aliphatic rings. The normalized spacial score (nSPS) is 32.4. The summed E-state index contributed by atoms with van der Waals surface area (Å²) in [5, 5.41) is 13.3. The van der Waals surface area contributed by atoms with Gasteiger partial charge in [0.1, 0.15) is 5.75 Å². The van der Waals surface area contributed by atoms with Crippen LogP contribution in [-0.2, 0) is 0 Å². The number of rotatable bonds is 7. The SMILES string of the molecule is CC(C)CCC[C@@H](C)[C@H]1CC[C@H]2[C@H](Nc3ccc(O)cc3)CCC[C@]12C. The summed E-state index contributed by atoms with van der Waals surface area (Å²) in [6.07, 6.45) is 11.0. The van der Waals surface area contributed by atoms with Crippen LogP contribution in [0.1, 0.15) is 79.1 Å². The minimum atomic E-state index is 0.347. The summed E-state index contributed by atoms with van der Waals surface area (Å²) >= 11 is 0. The maximum absolute atomic E-state index is 9.53. The summed E-state index contributed by atoms with van der Waals surface area (Å²) in [5.41, 5.74) is 1.66. The van der Waals surface area contributed by atoms with Crippen molar-refractivity contribution in [2.75, 3.05) is 5.32 Å². The molecule has 5 atom stereocenters. The van der Waals surface area contributed by atoms with E-state index in [0.717, 1.165) is 29.4 Å². The molecular weight excluding hydrogens is 318 g/mol. The fourth-order valence-corrected chi connectivity index (χ4v) is 6.16. The zero-order chi connectivity index (χ0) is 18.7. The van der Waals surface area contributed by atoms with Crippen LogP contribution in [0.4, 0.5) is 5.69 Å². The van der Waals surface area contributed by atoms with Gasteiger partial charge in [0.2, 0.25) is 0 Å². The van der Waals surface area contributed by atoms with Gasteiger partial charge in [0.25, 0.3) is 0 Å². The first-order valence-electron chi connectivity index (χ1n) is 11.0. The summed E-state index contributed by atoms with van der Waals surface area (Å²) in [7, 11) is 0. The Kier molecular flexibility index (Phi) is 6.20. The summed E-state index contributed by atoms with van der Waals surface area (Å²) in [6, 6.07) is 8.20. The van der Waals surface area contributed by atoms with Gasteiger partial charge in [-0.25, -0.2) is 0 Å². The molecule has 1 aromatic carbocycles. The third kappa shape index (κ3) is 4.21. The molecule has 146 valence electrons. The minimum absolute atomic E-state index is 0.347. The lowest BCUT2D eigenvalue weighted by molar-refractivity contribution is 0.0584. The number of fused-ring (bicyclic) bond motifs is 1. The van der Waals surface area contributed by atoms with Crippen molar-refractivity contribution >= 4 is 5.69 Å². The van der Waals surface area contributed by atoms with E-state index in [1.807, 2.05) is 12.1 Å². The average molecular weight is 358 g/mol. The van der Waals surface area contributed by atoms with Crippen molar-refractivity contribution in [2.45, 2.75) is 85.1 Å². The van der Waals surface area contributed by atoms with Crippen LogP contribution in [0.3, 0.4) is 0 Å². The molecule has 2 N–H and O–H groups in total. The number of hydrogen-bond donors (Lipinski definition) is 2. The molecule has 3 rings (SSSR count). The first-order valence-corrected chi connectivity index (χ1v) is 11.0. The highest BCUT2D eigenvalue weighted by atomic mass is 16.3. The molecule has 0 radical (unpaired) electrons. The van der Waals surface area contributed by atoms with E-state index in [4.69, 9.17) is 0 Å². The molecule has 2 aliphatic carbocycles. The number of phenols is 1. The van der Waals surface area contributed by atoms with Gasteiger partial charge in [0.05, 0.1) is 0 Å². The largest absolute Gasteiger partial charge is 0.508 e. The van der Waals surface area contributed by atoms with Gasteiger partial charge in [-0.15, -0.1) is 0 Å². The zero-order valence-electron chi connectivity index (χ0n) is 17.3. The summed E-state index contributed by atoms with van der Waals surface area (Å²) in [4.78, 5) is 0. The second-order valence-electron chi connectivity index (χ2n) is 9.79. The van der Waals surface area contributed by atoms with E-state index >= 15 is 0 Å². The quantitative estimate of drug-likeness (QED) is 0.523. The number of hydrogen-bond acceptors (Lipinski definition) is 2. The number of nitrogens with one attached hydrogen (secondary N) is 1.